The van der Waals surface area contributed by atoms with Crippen molar-refractivity contribution in [2.75, 3.05) is 13.1 Å². The van der Waals surface area contributed by atoms with Gasteiger partial charge in [0.25, 0.3) is 0 Å². The molecule has 0 unspecified atom stereocenters. The van der Waals surface area contributed by atoms with E-state index in [-0.39, 0.29) is 18.1 Å². The topological polar surface area (TPSA) is 37.4 Å². The molecule has 16 heavy (non-hydrogen) atoms. The van der Waals surface area contributed by atoms with E-state index >= 15 is 0 Å². The van der Waals surface area contributed by atoms with E-state index in [9.17, 15) is 9.59 Å². The molecule has 0 N–H and O–H groups in total. The SMILES string of the molecule is CC(=O)CC(=O)N1CCC2(CCCC2)CC1. The molecule has 1 aliphatic heterocycles. The molecule has 90 valence electrons. The van der Waals surface area contributed by atoms with Crippen molar-refractivity contribution in [2.45, 2.75) is 51.9 Å². The molecule has 0 aromatic rings. The second-order valence-electron chi connectivity index (χ2n) is 5.47. The predicted molar refractivity (Wildman–Crippen MR) is 62.0 cm³/mol. The molecule has 2 rings (SSSR count). The van der Waals surface area contributed by atoms with Crippen LogP contribution in [0.15, 0.2) is 0 Å². The van der Waals surface area contributed by atoms with Crippen LogP contribution in [0.2, 0.25) is 0 Å². The minimum absolute atomic E-state index is 0.0221. The summed E-state index contributed by atoms with van der Waals surface area (Å²) >= 11 is 0. The smallest absolute Gasteiger partial charge is 0.230 e. The molecule has 1 saturated carbocycles. The molecule has 0 bridgehead atoms. The van der Waals surface area contributed by atoms with E-state index in [4.69, 9.17) is 0 Å². The highest BCUT2D eigenvalue weighted by molar-refractivity contribution is 5.96. The zero-order chi connectivity index (χ0) is 11.6. The van der Waals surface area contributed by atoms with Gasteiger partial charge in [-0.2, -0.15) is 0 Å². The first kappa shape index (κ1) is 11.6. The number of hydrogen-bond acceptors (Lipinski definition) is 2. The maximum absolute atomic E-state index is 11.7. The average Bonchev–Trinajstić information content (AvgIpc) is 2.66. The van der Waals surface area contributed by atoms with Crippen molar-refractivity contribution in [2.24, 2.45) is 5.41 Å². The second-order valence-corrected chi connectivity index (χ2v) is 5.47. The quantitative estimate of drug-likeness (QED) is 0.673. The number of likely N-dealkylation sites (tertiary alicyclic amines) is 1. The van der Waals surface area contributed by atoms with Crippen molar-refractivity contribution >= 4 is 11.7 Å². The van der Waals surface area contributed by atoms with E-state index in [1.54, 1.807) is 0 Å². The van der Waals surface area contributed by atoms with Gasteiger partial charge in [-0.1, -0.05) is 12.8 Å². The number of carbonyl (C=O) groups is 2. The molecule has 0 aromatic carbocycles. The Morgan fingerprint density at radius 2 is 1.62 bits per heavy atom. The maximum atomic E-state index is 11.7. The highest BCUT2D eigenvalue weighted by atomic mass is 16.2. The molecule has 1 aliphatic carbocycles. The number of Topliss-reactive ketones (excluding diaryl/α,β-unsaturated/α-hetero) is 1. The van der Waals surface area contributed by atoms with Gasteiger partial charge in [-0.05, 0) is 38.0 Å². The molecule has 1 heterocycles. The van der Waals surface area contributed by atoms with Gasteiger partial charge in [-0.3, -0.25) is 9.59 Å². The van der Waals surface area contributed by atoms with Gasteiger partial charge < -0.3 is 4.90 Å². The zero-order valence-electron chi connectivity index (χ0n) is 10.1. The van der Waals surface area contributed by atoms with Crippen molar-refractivity contribution in [1.82, 2.24) is 4.90 Å². The molecule has 0 atom stereocenters. The van der Waals surface area contributed by atoms with Crippen LogP contribution < -0.4 is 0 Å². The Kier molecular flexibility index (Phi) is 3.31. The fourth-order valence-corrected chi connectivity index (χ4v) is 3.18. The van der Waals surface area contributed by atoms with Crippen LogP contribution >= 0.6 is 0 Å². The minimum atomic E-state index is -0.0221. The molecule has 2 fully saturated rings. The van der Waals surface area contributed by atoms with Crippen molar-refractivity contribution in [3.8, 4) is 0 Å². The summed E-state index contributed by atoms with van der Waals surface area (Å²) in [5, 5.41) is 0. The van der Waals surface area contributed by atoms with Crippen LogP contribution in [0.1, 0.15) is 51.9 Å². The molecule has 1 spiro atoms. The lowest BCUT2D eigenvalue weighted by Gasteiger charge is -2.39. The molecule has 1 amide bonds. The average molecular weight is 223 g/mol. The van der Waals surface area contributed by atoms with E-state index in [1.807, 2.05) is 4.90 Å². The number of rotatable bonds is 2. The molecule has 0 aromatic heterocycles. The Hall–Kier alpha value is -0.860. The summed E-state index contributed by atoms with van der Waals surface area (Å²) in [6, 6.07) is 0. The summed E-state index contributed by atoms with van der Waals surface area (Å²) in [5.41, 5.74) is 0.549. The zero-order valence-corrected chi connectivity index (χ0v) is 10.1. The van der Waals surface area contributed by atoms with Crippen LogP contribution in [-0.4, -0.2) is 29.7 Å². The van der Waals surface area contributed by atoms with Gasteiger partial charge in [0.05, 0.1) is 6.42 Å². The Morgan fingerprint density at radius 3 is 2.12 bits per heavy atom. The lowest BCUT2D eigenvalue weighted by atomic mass is 9.77. The van der Waals surface area contributed by atoms with Gasteiger partial charge in [0.1, 0.15) is 5.78 Å². The number of amides is 1. The van der Waals surface area contributed by atoms with Crippen LogP contribution in [0.4, 0.5) is 0 Å². The summed E-state index contributed by atoms with van der Waals surface area (Å²) in [6.07, 6.45) is 7.81. The maximum Gasteiger partial charge on any atom is 0.230 e. The van der Waals surface area contributed by atoms with E-state index in [0.717, 1.165) is 25.9 Å². The lowest BCUT2D eigenvalue weighted by Crippen LogP contribution is -2.42. The summed E-state index contributed by atoms with van der Waals surface area (Å²) in [6.45, 7) is 3.22. The van der Waals surface area contributed by atoms with Gasteiger partial charge in [0.2, 0.25) is 5.91 Å². The summed E-state index contributed by atoms with van der Waals surface area (Å²) in [7, 11) is 0. The van der Waals surface area contributed by atoms with Crippen LogP contribution in [0, 0.1) is 5.41 Å². The highest BCUT2D eigenvalue weighted by Gasteiger charge is 2.37. The van der Waals surface area contributed by atoms with Crippen LogP contribution in [-0.2, 0) is 9.59 Å². The number of piperidine rings is 1. The first-order valence-electron chi connectivity index (χ1n) is 6.39. The van der Waals surface area contributed by atoms with Gasteiger partial charge in [-0.15, -0.1) is 0 Å². The molecule has 1 saturated heterocycles. The van der Waals surface area contributed by atoms with Crippen LogP contribution in [0.5, 0.6) is 0 Å². The van der Waals surface area contributed by atoms with Gasteiger partial charge in [-0.25, -0.2) is 0 Å². The van der Waals surface area contributed by atoms with E-state index in [2.05, 4.69) is 0 Å². The molecule has 2 aliphatic rings. The largest absolute Gasteiger partial charge is 0.342 e. The van der Waals surface area contributed by atoms with Crippen molar-refractivity contribution in [3.05, 3.63) is 0 Å². The molecule has 3 nitrogen and oxygen atoms in total. The third-order valence-corrected chi connectivity index (χ3v) is 4.24. The lowest BCUT2D eigenvalue weighted by molar-refractivity contribution is -0.136. The summed E-state index contributed by atoms with van der Waals surface area (Å²) in [4.78, 5) is 24.5. The number of ketones is 1. The molecule has 0 radical (unpaired) electrons. The van der Waals surface area contributed by atoms with Crippen molar-refractivity contribution in [1.29, 1.82) is 0 Å². The van der Waals surface area contributed by atoms with Gasteiger partial charge in [0, 0.05) is 13.1 Å². The third kappa shape index (κ3) is 2.45. The van der Waals surface area contributed by atoms with Crippen molar-refractivity contribution in [3.63, 3.8) is 0 Å². The Labute approximate surface area is 97.2 Å². The fourth-order valence-electron chi connectivity index (χ4n) is 3.18. The number of carbonyl (C=O) groups excluding carboxylic acids is 2. The monoisotopic (exact) mass is 223 g/mol. The Morgan fingerprint density at radius 1 is 1.06 bits per heavy atom. The summed E-state index contributed by atoms with van der Waals surface area (Å²) in [5.74, 6) is 0.00602. The third-order valence-electron chi connectivity index (χ3n) is 4.24. The Bertz CT molecular complexity index is 282. The molecular weight excluding hydrogens is 202 g/mol. The number of nitrogens with zero attached hydrogens (tertiary/aromatic N) is 1. The van der Waals surface area contributed by atoms with Crippen LogP contribution in [0.3, 0.4) is 0 Å². The van der Waals surface area contributed by atoms with Gasteiger partial charge in [0.15, 0.2) is 0 Å². The van der Waals surface area contributed by atoms with E-state index in [1.165, 1.54) is 32.6 Å². The highest BCUT2D eigenvalue weighted by Crippen LogP contribution is 2.46. The van der Waals surface area contributed by atoms with Crippen LogP contribution in [0.25, 0.3) is 0 Å². The molecule has 3 heteroatoms. The number of hydrogen-bond donors (Lipinski definition) is 0. The van der Waals surface area contributed by atoms with Gasteiger partial charge >= 0.3 is 0 Å². The van der Waals surface area contributed by atoms with E-state index < -0.39 is 0 Å². The Balaban J connectivity index is 1.85. The molecular formula is C13H21NO2. The van der Waals surface area contributed by atoms with E-state index in [0.29, 0.717) is 5.41 Å². The first-order valence-corrected chi connectivity index (χ1v) is 6.39. The normalized spacial score (nSPS) is 23.7. The summed E-state index contributed by atoms with van der Waals surface area (Å²) < 4.78 is 0. The standard InChI is InChI=1S/C13H21NO2/c1-11(15)10-12(16)14-8-6-13(7-9-14)4-2-3-5-13/h2-10H2,1H3. The minimum Gasteiger partial charge on any atom is -0.342 e. The van der Waals surface area contributed by atoms with Crippen molar-refractivity contribution < 1.29 is 9.59 Å². The fraction of sp³-hybridized carbons (Fsp3) is 0.846. The first-order chi connectivity index (χ1) is 7.61. The predicted octanol–water partition coefficient (Wildman–Crippen LogP) is 2.15. The second kappa shape index (κ2) is 4.56.